The molecule has 0 fully saturated rings. The van der Waals surface area contributed by atoms with Crippen LogP contribution in [0.4, 0.5) is 0 Å². The first kappa shape index (κ1) is 13.8. The van der Waals surface area contributed by atoms with Crippen LogP contribution in [-0.2, 0) is 11.1 Å². The van der Waals surface area contributed by atoms with E-state index in [1.165, 1.54) is 7.11 Å². The number of carbonyl (C=O) groups is 1. The van der Waals surface area contributed by atoms with E-state index in [0.717, 1.165) is 33.4 Å². The quantitative estimate of drug-likeness (QED) is 0.551. The summed E-state index contributed by atoms with van der Waals surface area (Å²) < 4.78 is 5.00. The molecule has 3 aromatic rings. The van der Waals surface area contributed by atoms with Crippen molar-refractivity contribution in [2.24, 2.45) is 0 Å². The minimum atomic E-state index is -0.303. The zero-order valence-electron chi connectivity index (χ0n) is 11.9. The molecule has 0 aliphatic heterocycles. The molecule has 0 saturated carbocycles. The number of fused-ring (bicyclic) bond motifs is 1. The number of methoxy groups -OCH3 is 1. The third kappa shape index (κ3) is 2.34. The van der Waals surface area contributed by atoms with Crippen molar-refractivity contribution in [3.05, 3.63) is 52.9 Å². The number of nitrogens with zero attached hydrogens (tertiary/aromatic N) is 1. The van der Waals surface area contributed by atoms with Gasteiger partial charge in [0.2, 0.25) is 0 Å². The minimum absolute atomic E-state index is 0.303. The van der Waals surface area contributed by atoms with Crippen molar-refractivity contribution < 1.29 is 9.53 Å². The monoisotopic (exact) mass is 295 g/mol. The summed E-state index contributed by atoms with van der Waals surface area (Å²) in [5.41, 5.74) is 3.28. The zero-order chi connectivity index (χ0) is 14.8. The summed E-state index contributed by atoms with van der Waals surface area (Å²) >= 11 is 1.63. The van der Waals surface area contributed by atoms with Gasteiger partial charge in [0.05, 0.1) is 28.8 Å². The number of esters is 1. The molecule has 0 N–H and O–H groups in total. The van der Waals surface area contributed by atoms with Crippen LogP contribution in [0, 0.1) is 0 Å². The second kappa shape index (κ2) is 5.70. The highest BCUT2D eigenvalue weighted by Crippen LogP contribution is 2.32. The molecule has 3 rings (SSSR count). The first-order valence-electron chi connectivity index (χ1n) is 6.80. The summed E-state index contributed by atoms with van der Waals surface area (Å²) in [5.74, 6) is -0.303. The van der Waals surface area contributed by atoms with E-state index in [-0.39, 0.29) is 5.97 Å². The van der Waals surface area contributed by atoms with Crippen molar-refractivity contribution in [3.63, 3.8) is 0 Å². The molecule has 104 valence electrons. The molecule has 0 spiro atoms. The maximum absolute atomic E-state index is 12.3. The summed E-state index contributed by atoms with van der Waals surface area (Å²) in [7, 11) is 3.46. The number of hydrogen-bond donors (Lipinski definition) is 0. The van der Waals surface area contributed by atoms with Crippen molar-refractivity contribution in [2.45, 2.75) is 6.32 Å². The van der Waals surface area contributed by atoms with Crippen molar-refractivity contribution in [1.82, 2.24) is 4.98 Å². The van der Waals surface area contributed by atoms with Gasteiger partial charge in [-0.3, -0.25) is 0 Å². The Labute approximate surface area is 128 Å². The molecule has 2 aromatic heterocycles. The molecule has 1 aromatic carbocycles. The highest BCUT2D eigenvalue weighted by atomic mass is 32.1. The largest absolute Gasteiger partial charge is 0.465 e. The topological polar surface area (TPSA) is 39.2 Å². The Morgan fingerprint density at radius 2 is 2.10 bits per heavy atom. The summed E-state index contributed by atoms with van der Waals surface area (Å²) in [6, 6.07) is 11.7. The molecular formula is C16H14BNO2S. The van der Waals surface area contributed by atoms with Crippen LogP contribution in [0.15, 0.2) is 41.8 Å². The molecule has 0 atom stereocenters. The van der Waals surface area contributed by atoms with Crippen LogP contribution in [0.1, 0.15) is 15.9 Å². The van der Waals surface area contributed by atoms with E-state index in [2.05, 4.69) is 0 Å². The van der Waals surface area contributed by atoms with Gasteiger partial charge in [0, 0.05) is 5.39 Å². The van der Waals surface area contributed by atoms with Gasteiger partial charge >= 0.3 is 5.97 Å². The maximum atomic E-state index is 12.3. The predicted octanol–water partition coefficient (Wildman–Crippen LogP) is 2.88. The molecule has 2 heterocycles. The predicted molar refractivity (Wildman–Crippen MR) is 88.6 cm³/mol. The Morgan fingerprint density at radius 1 is 1.29 bits per heavy atom. The number of benzene rings is 1. The normalized spacial score (nSPS) is 10.7. The molecule has 0 aliphatic rings. The molecule has 5 heteroatoms. The van der Waals surface area contributed by atoms with Crippen molar-refractivity contribution in [2.75, 3.05) is 7.11 Å². The second-order valence-electron chi connectivity index (χ2n) is 4.65. The lowest BCUT2D eigenvalue weighted by Crippen LogP contribution is -2.10. The van der Waals surface area contributed by atoms with Gasteiger partial charge in [0.1, 0.15) is 7.85 Å². The van der Waals surface area contributed by atoms with Crippen molar-refractivity contribution in [1.29, 1.82) is 0 Å². The second-order valence-corrected chi connectivity index (χ2v) is 5.60. The number of para-hydroxylation sites is 1. The highest BCUT2D eigenvalue weighted by Gasteiger charge is 2.21. The van der Waals surface area contributed by atoms with E-state index in [4.69, 9.17) is 9.72 Å². The van der Waals surface area contributed by atoms with Crippen LogP contribution >= 0.6 is 11.3 Å². The third-order valence-electron chi connectivity index (χ3n) is 3.49. The van der Waals surface area contributed by atoms with Gasteiger partial charge in [-0.1, -0.05) is 30.6 Å². The number of aromatic nitrogens is 1. The molecule has 3 nitrogen and oxygen atoms in total. The lowest BCUT2D eigenvalue weighted by atomic mass is 9.89. The number of carbonyl (C=O) groups excluding carboxylic acids is 1. The summed E-state index contributed by atoms with van der Waals surface area (Å²) in [4.78, 5) is 18.1. The molecule has 0 saturated heterocycles. The fourth-order valence-electron chi connectivity index (χ4n) is 2.55. The van der Waals surface area contributed by atoms with E-state index in [1.807, 2.05) is 49.6 Å². The average Bonchev–Trinajstić information content (AvgIpc) is 3.06. The lowest BCUT2D eigenvalue weighted by Gasteiger charge is -2.14. The Kier molecular flexibility index (Phi) is 3.75. The van der Waals surface area contributed by atoms with Gasteiger partial charge in [-0.25, -0.2) is 9.78 Å². The lowest BCUT2D eigenvalue weighted by molar-refractivity contribution is 0.0602. The Hall–Kier alpha value is -2.14. The molecule has 21 heavy (non-hydrogen) atoms. The molecule has 0 amide bonds. The zero-order valence-corrected chi connectivity index (χ0v) is 12.7. The first-order valence-corrected chi connectivity index (χ1v) is 7.68. The molecule has 0 aliphatic carbocycles. The molecule has 0 unspecified atom stereocenters. The van der Waals surface area contributed by atoms with E-state index in [9.17, 15) is 4.79 Å². The fourth-order valence-corrected chi connectivity index (χ4v) is 3.29. The van der Waals surface area contributed by atoms with Crippen molar-refractivity contribution in [3.8, 4) is 10.6 Å². The van der Waals surface area contributed by atoms with Gasteiger partial charge in [-0.15, -0.1) is 11.3 Å². The number of ether oxygens (including phenoxy) is 1. The highest BCUT2D eigenvalue weighted by molar-refractivity contribution is 7.13. The Bertz CT molecular complexity index is 799. The van der Waals surface area contributed by atoms with Gasteiger partial charge in [0.15, 0.2) is 0 Å². The summed E-state index contributed by atoms with van der Waals surface area (Å²) in [6.45, 7) is 0. The standard InChI is InChI=1S/C16H14BNO2S/c1-20-16(19)14-10-5-2-3-6-12(10)18-15(11(14)9-17)13-7-4-8-21-13/h2-8H,9,17H2,1H3. The van der Waals surface area contributed by atoms with Crippen LogP contribution in [0.25, 0.3) is 21.5 Å². The Balaban J connectivity index is 2.41. The Morgan fingerprint density at radius 3 is 2.76 bits per heavy atom. The number of thiophene rings is 1. The van der Waals surface area contributed by atoms with Crippen LogP contribution in [0.3, 0.4) is 0 Å². The van der Waals surface area contributed by atoms with Crippen molar-refractivity contribution >= 4 is 36.1 Å². The smallest absolute Gasteiger partial charge is 0.338 e. The number of pyridine rings is 1. The average molecular weight is 295 g/mol. The maximum Gasteiger partial charge on any atom is 0.338 e. The van der Waals surface area contributed by atoms with Gasteiger partial charge in [-0.05, 0) is 23.1 Å². The SMILES string of the molecule is BCc1c(-c2cccs2)nc2ccccc2c1C(=O)OC. The minimum Gasteiger partial charge on any atom is -0.465 e. The molecule has 0 radical (unpaired) electrons. The fraction of sp³-hybridized carbons (Fsp3) is 0.125. The number of rotatable bonds is 3. The van der Waals surface area contributed by atoms with E-state index in [0.29, 0.717) is 5.56 Å². The molecule has 0 bridgehead atoms. The van der Waals surface area contributed by atoms with Gasteiger partial charge < -0.3 is 4.74 Å². The van der Waals surface area contributed by atoms with E-state index in [1.54, 1.807) is 11.3 Å². The third-order valence-corrected chi connectivity index (χ3v) is 4.37. The van der Waals surface area contributed by atoms with E-state index >= 15 is 0 Å². The summed E-state index contributed by atoms with van der Waals surface area (Å²) in [6.07, 6.45) is 0.732. The molecular weight excluding hydrogens is 281 g/mol. The van der Waals surface area contributed by atoms with Crippen LogP contribution in [0.2, 0.25) is 0 Å². The number of hydrogen-bond acceptors (Lipinski definition) is 4. The summed E-state index contributed by atoms with van der Waals surface area (Å²) in [5, 5.41) is 2.87. The van der Waals surface area contributed by atoms with Gasteiger partial charge in [-0.2, -0.15) is 0 Å². The first-order chi connectivity index (χ1) is 10.3. The van der Waals surface area contributed by atoms with Crippen LogP contribution in [0.5, 0.6) is 0 Å². The van der Waals surface area contributed by atoms with Crippen LogP contribution < -0.4 is 0 Å². The van der Waals surface area contributed by atoms with Gasteiger partial charge in [0.25, 0.3) is 0 Å². The van der Waals surface area contributed by atoms with E-state index < -0.39 is 0 Å². The van der Waals surface area contributed by atoms with Crippen LogP contribution in [-0.4, -0.2) is 25.9 Å².